The van der Waals surface area contributed by atoms with Crippen molar-refractivity contribution in [1.82, 2.24) is 5.32 Å². The van der Waals surface area contributed by atoms with Crippen LogP contribution in [0.25, 0.3) is 0 Å². The molecule has 4 atom stereocenters. The van der Waals surface area contributed by atoms with Crippen molar-refractivity contribution in [3.8, 4) is 0 Å². The van der Waals surface area contributed by atoms with Gasteiger partial charge in [0.1, 0.15) is 0 Å². The van der Waals surface area contributed by atoms with Gasteiger partial charge in [0.15, 0.2) is 11.6 Å². The molecule has 0 saturated carbocycles. The van der Waals surface area contributed by atoms with Gasteiger partial charge in [0.2, 0.25) is 0 Å². The third-order valence-electron chi connectivity index (χ3n) is 3.93. The van der Waals surface area contributed by atoms with Crippen LogP contribution in [-0.2, 0) is 6.42 Å². The lowest BCUT2D eigenvalue weighted by Crippen LogP contribution is -2.44. The van der Waals surface area contributed by atoms with Crippen LogP contribution in [0.2, 0.25) is 0 Å². The predicted octanol–water partition coefficient (Wildman–Crippen LogP) is 4.11. The number of thioether (sulfide) groups is 2. The summed E-state index contributed by atoms with van der Waals surface area (Å²) in [5.74, 6) is -0.420. The summed E-state index contributed by atoms with van der Waals surface area (Å²) in [5, 5.41) is 5.33. The van der Waals surface area contributed by atoms with E-state index >= 15 is 0 Å². The summed E-state index contributed by atoms with van der Waals surface area (Å²) >= 11 is 4.03. The van der Waals surface area contributed by atoms with Crippen LogP contribution < -0.4 is 5.32 Å². The molecular formula is C16H23F2NS2. The molecule has 1 fully saturated rings. The molecule has 0 aromatic heterocycles. The van der Waals surface area contributed by atoms with Crippen LogP contribution in [0.1, 0.15) is 26.3 Å². The van der Waals surface area contributed by atoms with Gasteiger partial charge in [-0.25, -0.2) is 8.78 Å². The summed E-state index contributed by atoms with van der Waals surface area (Å²) < 4.78 is 26.4. The van der Waals surface area contributed by atoms with Crippen molar-refractivity contribution >= 4 is 23.5 Å². The lowest BCUT2D eigenvalue weighted by Gasteiger charge is -2.36. The molecule has 0 radical (unpaired) electrons. The van der Waals surface area contributed by atoms with Gasteiger partial charge in [-0.2, -0.15) is 23.5 Å². The number of benzene rings is 1. The molecule has 5 heteroatoms. The molecule has 1 heterocycles. The lowest BCUT2D eigenvalue weighted by atomic mass is 10.0. The Morgan fingerprint density at radius 3 is 2.62 bits per heavy atom. The molecule has 0 amide bonds. The molecule has 4 unspecified atom stereocenters. The average Bonchev–Trinajstić information content (AvgIpc) is 2.45. The van der Waals surface area contributed by atoms with E-state index in [1.807, 2.05) is 23.5 Å². The molecule has 1 aromatic rings. The van der Waals surface area contributed by atoms with Crippen LogP contribution in [0.15, 0.2) is 18.2 Å². The molecule has 1 aromatic carbocycles. The van der Waals surface area contributed by atoms with E-state index in [1.54, 1.807) is 6.07 Å². The normalized spacial score (nSPS) is 27.6. The SMILES string of the molecule is CCNC(Cc1ccc(F)c(F)c1)C1CSC(C)C(C)S1. The van der Waals surface area contributed by atoms with Gasteiger partial charge in [0.25, 0.3) is 0 Å². The molecule has 0 bridgehead atoms. The lowest BCUT2D eigenvalue weighted by molar-refractivity contribution is 0.497. The maximum absolute atomic E-state index is 13.4. The van der Waals surface area contributed by atoms with Crippen molar-refractivity contribution < 1.29 is 8.78 Å². The van der Waals surface area contributed by atoms with Gasteiger partial charge >= 0.3 is 0 Å². The minimum absolute atomic E-state index is 0.298. The van der Waals surface area contributed by atoms with E-state index < -0.39 is 11.6 Å². The highest BCUT2D eigenvalue weighted by atomic mass is 32.2. The largest absolute Gasteiger partial charge is 0.313 e. The van der Waals surface area contributed by atoms with Crippen molar-refractivity contribution in [2.45, 2.75) is 49.0 Å². The molecule has 1 nitrogen and oxygen atoms in total. The van der Waals surface area contributed by atoms with Gasteiger partial charge in [0.05, 0.1) is 0 Å². The number of nitrogens with one attached hydrogen (secondary N) is 1. The van der Waals surface area contributed by atoms with Gasteiger partial charge in [-0.05, 0) is 30.7 Å². The van der Waals surface area contributed by atoms with Gasteiger partial charge in [-0.15, -0.1) is 0 Å². The van der Waals surface area contributed by atoms with E-state index in [9.17, 15) is 8.78 Å². The summed E-state index contributed by atoms with van der Waals surface area (Å²) in [6, 6.07) is 4.54. The Hall–Kier alpha value is -0.260. The Bertz CT molecular complexity index is 470. The van der Waals surface area contributed by atoms with Crippen molar-refractivity contribution in [3.05, 3.63) is 35.4 Å². The van der Waals surface area contributed by atoms with E-state index in [2.05, 4.69) is 26.1 Å². The smallest absolute Gasteiger partial charge is 0.159 e. The first kappa shape index (κ1) is 17.1. The first-order valence-corrected chi connectivity index (χ1v) is 9.44. The predicted molar refractivity (Wildman–Crippen MR) is 90.3 cm³/mol. The Morgan fingerprint density at radius 2 is 2.00 bits per heavy atom. The van der Waals surface area contributed by atoms with E-state index in [-0.39, 0.29) is 0 Å². The molecule has 1 saturated heterocycles. The van der Waals surface area contributed by atoms with Crippen molar-refractivity contribution in [2.24, 2.45) is 0 Å². The van der Waals surface area contributed by atoms with Crippen LogP contribution in [-0.4, -0.2) is 34.1 Å². The second-order valence-corrected chi connectivity index (χ2v) is 8.57. The van der Waals surface area contributed by atoms with Gasteiger partial charge in [-0.1, -0.05) is 26.8 Å². The van der Waals surface area contributed by atoms with Crippen molar-refractivity contribution in [1.29, 1.82) is 0 Å². The standard InChI is InChI=1S/C16H23F2NS2/c1-4-19-15(16-9-20-10(2)11(3)21-16)8-12-5-6-13(17)14(18)7-12/h5-7,10-11,15-16,19H,4,8-9H2,1-3H3. The van der Waals surface area contributed by atoms with E-state index in [4.69, 9.17) is 0 Å². The van der Waals surface area contributed by atoms with Crippen molar-refractivity contribution in [3.63, 3.8) is 0 Å². The Kier molecular flexibility index (Phi) is 6.38. The third-order valence-corrected chi connectivity index (χ3v) is 7.48. The fraction of sp³-hybridized carbons (Fsp3) is 0.625. The summed E-state index contributed by atoms with van der Waals surface area (Å²) in [6.07, 6.45) is 0.740. The van der Waals surface area contributed by atoms with Crippen LogP contribution in [0, 0.1) is 11.6 Å². The number of halogens is 2. The fourth-order valence-electron chi connectivity index (χ4n) is 2.54. The molecule has 0 spiro atoms. The van der Waals surface area contributed by atoms with Gasteiger partial charge < -0.3 is 5.32 Å². The first-order chi connectivity index (χ1) is 10.0. The molecular weight excluding hydrogens is 308 g/mol. The molecule has 0 aliphatic carbocycles. The number of likely N-dealkylation sites (N-methyl/N-ethyl adjacent to an activating group) is 1. The van der Waals surface area contributed by atoms with E-state index in [0.29, 0.717) is 21.8 Å². The highest BCUT2D eigenvalue weighted by molar-refractivity contribution is 8.07. The van der Waals surface area contributed by atoms with Crippen LogP contribution in [0.5, 0.6) is 0 Å². The first-order valence-electron chi connectivity index (χ1n) is 7.45. The van der Waals surface area contributed by atoms with Gasteiger partial charge in [0, 0.05) is 27.5 Å². The van der Waals surface area contributed by atoms with Crippen LogP contribution >= 0.6 is 23.5 Å². The van der Waals surface area contributed by atoms with E-state index in [1.165, 1.54) is 12.1 Å². The summed E-state index contributed by atoms with van der Waals surface area (Å²) in [5.41, 5.74) is 0.858. The molecule has 2 rings (SSSR count). The highest BCUT2D eigenvalue weighted by Gasteiger charge is 2.31. The minimum atomic E-state index is -0.774. The molecule has 118 valence electrons. The maximum Gasteiger partial charge on any atom is 0.159 e. The Morgan fingerprint density at radius 1 is 1.24 bits per heavy atom. The van der Waals surface area contributed by atoms with Crippen LogP contribution in [0.4, 0.5) is 8.78 Å². The van der Waals surface area contributed by atoms with Crippen LogP contribution in [0.3, 0.4) is 0 Å². The highest BCUT2D eigenvalue weighted by Crippen LogP contribution is 2.37. The maximum atomic E-state index is 13.4. The number of hydrogen-bond donors (Lipinski definition) is 1. The topological polar surface area (TPSA) is 12.0 Å². The number of hydrogen-bond acceptors (Lipinski definition) is 3. The fourth-order valence-corrected chi connectivity index (χ4v) is 5.67. The molecule has 1 aliphatic rings. The zero-order valence-corrected chi connectivity index (χ0v) is 14.4. The second-order valence-electron chi connectivity index (χ2n) is 5.53. The zero-order chi connectivity index (χ0) is 15.4. The second kappa shape index (κ2) is 7.84. The third kappa shape index (κ3) is 4.60. The number of rotatable bonds is 5. The van der Waals surface area contributed by atoms with E-state index in [0.717, 1.165) is 24.3 Å². The summed E-state index contributed by atoms with van der Waals surface area (Å²) in [7, 11) is 0. The Labute approximate surface area is 134 Å². The Balaban J connectivity index is 2.06. The van der Waals surface area contributed by atoms with Crippen molar-refractivity contribution in [2.75, 3.05) is 12.3 Å². The minimum Gasteiger partial charge on any atom is -0.313 e. The quantitative estimate of drug-likeness (QED) is 0.872. The zero-order valence-electron chi connectivity index (χ0n) is 12.7. The average molecular weight is 331 g/mol. The molecule has 1 N–H and O–H groups in total. The molecule has 1 aliphatic heterocycles. The van der Waals surface area contributed by atoms with Gasteiger partial charge in [-0.3, -0.25) is 0 Å². The monoisotopic (exact) mass is 331 g/mol. The molecule has 21 heavy (non-hydrogen) atoms. The summed E-state index contributed by atoms with van der Waals surface area (Å²) in [4.78, 5) is 0. The summed E-state index contributed by atoms with van der Waals surface area (Å²) in [6.45, 7) is 7.52.